The normalized spacial score (nSPS) is 18.1. The van der Waals surface area contributed by atoms with Crippen LogP contribution in [-0.2, 0) is 5.60 Å². The minimum atomic E-state index is -0.820. The second-order valence-electron chi connectivity index (χ2n) is 3.70. The Morgan fingerprint density at radius 3 is 2.47 bits per heavy atom. The van der Waals surface area contributed by atoms with E-state index >= 15 is 0 Å². The standard InChI is InChI=1S/C11H15NO3/c1-14-8-3-4-10(15-2)9(5-8)11(13)6-12-7-11/h3-5,12-13H,6-7H2,1-2H3. The van der Waals surface area contributed by atoms with Crippen molar-refractivity contribution in [2.75, 3.05) is 27.3 Å². The van der Waals surface area contributed by atoms with Gasteiger partial charge in [-0.2, -0.15) is 0 Å². The van der Waals surface area contributed by atoms with Crippen LogP contribution in [0.3, 0.4) is 0 Å². The largest absolute Gasteiger partial charge is 0.497 e. The van der Waals surface area contributed by atoms with Gasteiger partial charge in [0.25, 0.3) is 0 Å². The molecular weight excluding hydrogens is 194 g/mol. The maximum Gasteiger partial charge on any atom is 0.125 e. The number of methoxy groups -OCH3 is 2. The average Bonchev–Trinajstić information content (AvgIpc) is 2.25. The zero-order chi connectivity index (χ0) is 10.9. The van der Waals surface area contributed by atoms with E-state index in [4.69, 9.17) is 9.47 Å². The fraction of sp³-hybridized carbons (Fsp3) is 0.455. The molecule has 82 valence electrons. The summed E-state index contributed by atoms with van der Waals surface area (Å²) in [5.74, 6) is 1.42. The molecule has 1 aromatic carbocycles. The van der Waals surface area contributed by atoms with E-state index in [0.29, 0.717) is 18.8 Å². The highest BCUT2D eigenvalue weighted by Crippen LogP contribution is 2.35. The molecule has 0 saturated carbocycles. The van der Waals surface area contributed by atoms with Gasteiger partial charge in [0.15, 0.2) is 0 Å². The number of benzene rings is 1. The molecule has 2 rings (SSSR count). The Bertz CT molecular complexity index is 361. The molecule has 1 aliphatic rings. The second kappa shape index (κ2) is 3.72. The van der Waals surface area contributed by atoms with E-state index in [9.17, 15) is 5.11 Å². The summed E-state index contributed by atoms with van der Waals surface area (Å²) < 4.78 is 10.4. The summed E-state index contributed by atoms with van der Waals surface area (Å²) in [6.07, 6.45) is 0. The quantitative estimate of drug-likeness (QED) is 0.761. The van der Waals surface area contributed by atoms with Crippen molar-refractivity contribution in [1.82, 2.24) is 5.32 Å². The van der Waals surface area contributed by atoms with Crippen LogP contribution in [0.1, 0.15) is 5.56 Å². The number of aliphatic hydroxyl groups is 1. The molecule has 0 unspecified atom stereocenters. The molecule has 0 bridgehead atoms. The predicted octanol–water partition coefficient (Wildman–Crippen LogP) is 0.495. The maximum absolute atomic E-state index is 10.2. The smallest absolute Gasteiger partial charge is 0.125 e. The van der Waals surface area contributed by atoms with Gasteiger partial charge < -0.3 is 19.9 Å². The maximum atomic E-state index is 10.2. The summed E-state index contributed by atoms with van der Waals surface area (Å²) in [6, 6.07) is 5.45. The summed E-state index contributed by atoms with van der Waals surface area (Å²) in [6.45, 7) is 1.10. The van der Waals surface area contributed by atoms with Crippen molar-refractivity contribution in [2.45, 2.75) is 5.60 Å². The lowest BCUT2D eigenvalue weighted by Crippen LogP contribution is -2.56. The number of hydrogen-bond acceptors (Lipinski definition) is 4. The molecule has 0 aliphatic carbocycles. The van der Waals surface area contributed by atoms with Crippen molar-refractivity contribution >= 4 is 0 Å². The molecule has 1 heterocycles. The van der Waals surface area contributed by atoms with Gasteiger partial charge in [-0.1, -0.05) is 0 Å². The minimum Gasteiger partial charge on any atom is -0.497 e. The van der Waals surface area contributed by atoms with E-state index in [1.54, 1.807) is 14.2 Å². The summed E-state index contributed by atoms with van der Waals surface area (Å²) in [5.41, 5.74) is -0.0389. The molecule has 1 fully saturated rings. The van der Waals surface area contributed by atoms with E-state index < -0.39 is 5.60 Å². The van der Waals surface area contributed by atoms with Crippen molar-refractivity contribution in [3.05, 3.63) is 23.8 Å². The van der Waals surface area contributed by atoms with Crippen LogP contribution in [0.4, 0.5) is 0 Å². The summed E-state index contributed by atoms with van der Waals surface area (Å²) in [4.78, 5) is 0. The highest BCUT2D eigenvalue weighted by atomic mass is 16.5. The van der Waals surface area contributed by atoms with Crippen LogP contribution in [0.5, 0.6) is 11.5 Å². The first-order valence-corrected chi connectivity index (χ1v) is 4.85. The molecular formula is C11H15NO3. The van der Waals surface area contributed by atoms with Crippen LogP contribution >= 0.6 is 0 Å². The van der Waals surface area contributed by atoms with Crippen molar-refractivity contribution in [1.29, 1.82) is 0 Å². The number of hydrogen-bond donors (Lipinski definition) is 2. The third kappa shape index (κ3) is 1.66. The summed E-state index contributed by atoms with van der Waals surface area (Å²) in [7, 11) is 3.20. The van der Waals surface area contributed by atoms with Crippen LogP contribution in [-0.4, -0.2) is 32.4 Å². The van der Waals surface area contributed by atoms with Crippen LogP contribution in [0.25, 0.3) is 0 Å². The van der Waals surface area contributed by atoms with Gasteiger partial charge in [-0.3, -0.25) is 0 Å². The highest BCUT2D eigenvalue weighted by Gasteiger charge is 2.38. The lowest BCUT2D eigenvalue weighted by Gasteiger charge is -2.38. The first-order chi connectivity index (χ1) is 7.19. The Labute approximate surface area is 88.8 Å². The van der Waals surface area contributed by atoms with Gasteiger partial charge in [-0.25, -0.2) is 0 Å². The highest BCUT2D eigenvalue weighted by molar-refractivity contribution is 5.45. The molecule has 0 spiro atoms. The van der Waals surface area contributed by atoms with E-state index in [1.807, 2.05) is 18.2 Å². The van der Waals surface area contributed by atoms with Crippen LogP contribution in [0, 0.1) is 0 Å². The van der Waals surface area contributed by atoms with Crippen LogP contribution in [0.2, 0.25) is 0 Å². The molecule has 1 aromatic rings. The topological polar surface area (TPSA) is 50.7 Å². The number of ether oxygens (including phenoxy) is 2. The van der Waals surface area contributed by atoms with E-state index in [1.165, 1.54) is 0 Å². The Hall–Kier alpha value is -1.26. The molecule has 4 heteroatoms. The Kier molecular flexibility index (Phi) is 2.54. The zero-order valence-corrected chi connectivity index (χ0v) is 8.91. The molecule has 2 N–H and O–H groups in total. The van der Waals surface area contributed by atoms with Crippen molar-refractivity contribution in [3.63, 3.8) is 0 Å². The monoisotopic (exact) mass is 209 g/mol. The van der Waals surface area contributed by atoms with E-state index in [0.717, 1.165) is 11.3 Å². The Morgan fingerprint density at radius 1 is 1.27 bits per heavy atom. The molecule has 4 nitrogen and oxygen atoms in total. The van der Waals surface area contributed by atoms with E-state index in [-0.39, 0.29) is 0 Å². The zero-order valence-electron chi connectivity index (χ0n) is 8.91. The van der Waals surface area contributed by atoms with Gasteiger partial charge in [0.2, 0.25) is 0 Å². The first-order valence-electron chi connectivity index (χ1n) is 4.85. The van der Waals surface area contributed by atoms with Crippen molar-refractivity contribution in [3.8, 4) is 11.5 Å². The Morgan fingerprint density at radius 2 is 2.00 bits per heavy atom. The molecule has 0 radical (unpaired) electrons. The first kappa shape index (κ1) is 10.3. The molecule has 0 aromatic heterocycles. The molecule has 15 heavy (non-hydrogen) atoms. The van der Waals surface area contributed by atoms with Gasteiger partial charge >= 0.3 is 0 Å². The van der Waals surface area contributed by atoms with Gasteiger partial charge in [-0.15, -0.1) is 0 Å². The van der Waals surface area contributed by atoms with Gasteiger partial charge in [0.05, 0.1) is 14.2 Å². The summed E-state index contributed by atoms with van der Waals surface area (Å²) >= 11 is 0. The number of nitrogens with one attached hydrogen (secondary N) is 1. The van der Waals surface area contributed by atoms with Crippen molar-refractivity contribution in [2.24, 2.45) is 0 Å². The van der Waals surface area contributed by atoms with Gasteiger partial charge in [0.1, 0.15) is 17.1 Å². The van der Waals surface area contributed by atoms with Crippen LogP contribution < -0.4 is 14.8 Å². The van der Waals surface area contributed by atoms with Gasteiger partial charge in [-0.05, 0) is 18.2 Å². The van der Waals surface area contributed by atoms with Crippen LogP contribution in [0.15, 0.2) is 18.2 Å². The lowest BCUT2D eigenvalue weighted by molar-refractivity contribution is -0.0166. The fourth-order valence-corrected chi connectivity index (χ4v) is 1.73. The molecule has 0 amide bonds. The SMILES string of the molecule is COc1ccc(OC)c(C2(O)CNC2)c1. The lowest BCUT2D eigenvalue weighted by atomic mass is 9.87. The molecule has 1 saturated heterocycles. The van der Waals surface area contributed by atoms with Crippen molar-refractivity contribution < 1.29 is 14.6 Å². The molecule has 0 atom stereocenters. The minimum absolute atomic E-state index is 0.552. The third-order valence-corrected chi connectivity index (χ3v) is 2.74. The number of β-amino-alcohol motifs (C(OH)–C–C–N with tert-alkyl or cyclic N) is 1. The Balaban J connectivity index is 2.41. The second-order valence-corrected chi connectivity index (χ2v) is 3.70. The predicted molar refractivity (Wildman–Crippen MR) is 56.3 cm³/mol. The third-order valence-electron chi connectivity index (χ3n) is 2.74. The average molecular weight is 209 g/mol. The number of rotatable bonds is 3. The fourth-order valence-electron chi connectivity index (χ4n) is 1.73. The molecule has 1 aliphatic heterocycles. The summed E-state index contributed by atoms with van der Waals surface area (Å²) in [5, 5.41) is 13.3. The van der Waals surface area contributed by atoms with E-state index in [2.05, 4.69) is 5.32 Å². The van der Waals surface area contributed by atoms with Gasteiger partial charge in [0, 0.05) is 18.7 Å².